The zero-order chi connectivity index (χ0) is 57.5. The van der Waals surface area contributed by atoms with Gasteiger partial charge >= 0.3 is 5.96 Å². The molecule has 8 bridgehead atoms. The lowest BCUT2D eigenvalue weighted by Crippen LogP contribution is -2.68. The van der Waals surface area contributed by atoms with Crippen LogP contribution in [0.3, 0.4) is 0 Å². The number of aromatic nitrogens is 4. The Morgan fingerprint density at radius 1 is 0.512 bits per heavy atom. The van der Waals surface area contributed by atoms with Gasteiger partial charge in [0.05, 0.1) is 61.1 Å². The van der Waals surface area contributed by atoms with Crippen molar-refractivity contribution in [3.05, 3.63) is 227 Å². The van der Waals surface area contributed by atoms with Crippen molar-refractivity contribution in [2.75, 3.05) is 26.2 Å². The zero-order valence-electron chi connectivity index (χ0n) is 48.7. The fourth-order valence-corrected chi connectivity index (χ4v) is 17.2. The molecule has 0 fully saturated rings. The van der Waals surface area contributed by atoms with E-state index in [0.29, 0.717) is 18.7 Å². The minimum atomic E-state index is -2.70. The summed E-state index contributed by atoms with van der Waals surface area (Å²) < 4.78 is 9.77. The van der Waals surface area contributed by atoms with Gasteiger partial charge in [-0.25, -0.2) is 15.0 Å². The van der Waals surface area contributed by atoms with Crippen LogP contribution in [0.5, 0.6) is 0 Å². The van der Waals surface area contributed by atoms with Crippen LogP contribution in [-0.4, -0.2) is 88.1 Å². The van der Waals surface area contributed by atoms with E-state index >= 15 is 0 Å². The number of rotatable bonds is 12. The Hall–Kier alpha value is -9.16. The van der Waals surface area contributed by atoms with Gasteiger partial charge in [0, 0.05) is 62.7 Å². The number of H-pyrrole nitrogens is 2. The number of aromatic amines is 2. The maximum atomic E-state index is 11.7. The minimum Gasteiger partial charge on any atom is -0.493 e. The fourth-order valence-electron chi connectivity index (χ4n) is 12.6. The van der Waals surface area contributed by atoms with Crippen LogP contribution in [0.4, 0.5) is 0 Å². The first-order chi connectivity index (χ1) is 40.8. The Kier molecular flexibility index (Phi) is 14.5. The van der Waals surface area contributed by atoms with Gasteiger partial charge in [-0.3, -0.25) is 15.2 Å². The predicted molar refractivity (Wildman–Crippen MR) is 351 cm³/mol. The Balaban J connectivity index is 0.833. The van der Waals surface area contributed by atoms with Gasteiger partial charge in [0.25, 0.3) is 8.32 Å². The maximum absolute atomic E-state index is 11.7. The summed E-state index contributed by atoms with van der Waals surface area (Å²) in [5.74, 6) is 1.03. The van der Waals surface area contributed by atoms with Crippen molar-refractivity contribution < 1.29 is 14.1 Å². The lowest BCUT2D eigenvalue weighted by atomic mass is 10.0. The van der Waals surface area contributed by atoms with Crippen LogP contribution in [0.2, 0.25) is 5.04 Å². The topological polar surface area (TPSA) is 126 Å². The van der Waals surface area contributed by atoms with Crippen LogP contribution in [0, 0.1) is 20.8 Å². The number of benzene rings is 6. The van der Waals surface area contributed by atoms with Crippen LogP contribution >= 0.6 is 0 Å². The van der Waals surface area contributed by atoms with Crippen molar-refractivity contribution >= 4 is 76.9 Å². The zero-order valence-corrected chi connectivity index (χ0v) is 49.7. The van der Waals surface area contributed by atoms with E-state index in [1.54, 1.807) is 0 Å². The van der Waals surface area contributed by atoms with Gasteiger partial charge in [-0.1, -0.05) is 183 Å². The molecule has 418 valence electrons. The number of aliphatic hydroxyl groups is 1. The lowest BCUT2D eigenvalue weighted by Gasteiger charge is -2.44. The number of hydrogen-bond acceptors (Lipinski definition) is 6. The SMILES string of the molecule is Cc1ccc(-c2c3nc(c(-c4ccc(C)cc4)c4ccc([nH]4)c(-c4ccc(C(O)=NC[C@@H]5CC[N+]6=C(N5)N[C@H](CO[Si](c5ccccc5)(c5ccccc5)C(C)(C)C)CC6)cc4)c4ccc([nH]4)c(-c4ccc(C)cc4)c4nc2C=C4)C=C3)cc1. The molecule has 0 spiro atoms. The molecule has 9 aromatic rings. The quantitative estimate of drug-likeness (QED) is 0.0359. The third kappa shape index (κ3) is 10.5. The first-order valence-electron chi connectivity index (χ1n) is 29.5. The number of hydrogen-bond donors (Lipinski definition) is 5. The molecule has 11 heteroatoms. The van der Waals surface area contributed by atoms with Crippen LogP contribution in [0.1, 0.15) is 78.6 Å². The van der Waals surface area contributed by atoms with Gasteiger partial charge in [-0.2, -0.15) is 0 Å². The van der Waals surface area contributed by atoms with E-state index in [-0.39, 0.29) is 23.0 Å². The van der Waals surface area contributed by atoms with Crippen LogP contribution in [0.25, 0.3) is 90.9 Å². The second kappa shape index (κ2) is 22.5. The molecular formula is C73H71N8O2Si+. The Morgan fingerprint density at radius 3 is 1.37 bits per heavy atom. The highest BCUT2D eigenvalue weighted by Gasteiger charge is 2.51. The second-order valence-corrected chi connectivity index (χ2v) is 28.2. The van der Waals surface area contributed by atoms with E-state index in [0.717, 1.165) is 121 Å². The summed E-state index contributed by atoms with van der Waals surface area (Å²) in [7, 11) is -2.70. The Bertz CT molecular complexity index is 4050. The number of aliphatic hydroxyl groups excluding tert-OH is 1. The summed E-state index contributed by atoms with van der Waals surface area (Å²) in [5.41, 5.74) is 19.4. The summed E-state index contributed by atoms with van der Waals surface area (Å²) in [4.78, 5) is 23.6. The first kappa shape index (κ1) is 54.1. The molecule has 0 amide bonds. The molecule has 3 aromatic heterocycles. The van der Waals surface area contributed by atoms with Crippen LogP contribution in [0.15, 0.2) is 187 Å². The van der Waals surface area contributed by atoms with E-state index in [4.69, 9.17) is 19.4 Å². The number of nitrogens with zero attached hydrogens (tertiary/aromatic N) is 4. The smallest absolute Gasteiger partial charge is 0.346 e. The normalized spacial score (nSPS) is 16.1. The van der Waals surface area contributed by atoms with Crippen LogP contribution < -0.4 is 21.0 Å². The highest BCUT2D eigenvalue weighted by molar-refractivity contribution is 6.99. The molecule has 6 aromatic carbocycles. The van der Waals surface area contributed by atoms with Crippen molar-refractivity contribution in [1.82, 2.24) is 30.6 Å². The number of fused-ring (bicyclic) bond motifs is 8. The van der Waals surface area contributed by atoms with Crippen molar-refractivity contribution in [1.29, 1.82) is 0 Å². The Labute approximate surface area is 493 Å². The average Bonchev–Trinajstić information content (AvgIpc) is 2.22. The lowest BCUT2D eigenvalue weighted by molar-refractivity contribution is -0.542. The van der Waals surface area contributed by atoms with Gasteiger partial charge in [0.1, 0.15) is 0 Å². The number of guanidine groups is 1. The highest BCUT2D eigenvalue weighted by Crippen LogP contribution is 2.40. The second-order valence-electron chi connectivity index (χ2n) is 23.9. The predicted octanol–water partition coefficient (Wildman–Crippen LogP) is 14.2. The molecule has 10 nitrogen and oxygen atoms in total. The molecular weight excluding hydrogens is 1050 g/mol. The van der Waals surface area contributed by atoms with E-state index in [1.807, 2.05) is 12.1 Å². The van der Waals surface area contributed by atoms with Gasteiger partial charge in [0.2, 0.25) is 5.90 Å². The summed E-state index contributed by atoms with van der Waals surface area (Å²) in [6, 6.07) is 64.7. The van der Waals surface area contributed by atoms with E-state index in [9.17, 15) is 5.11 Å². The summed E-state index contributed by atoms with van der Waals surface area (Å²) in [6.07, 6.45) is 10.4. The largest absolute Gasteiger partial charge is 0.493 e. The third-order valence-corrected chi connectivity index (χ3v) is 22.1. The molecule has 5 N–H and O–H groups in total. The van der Waals surface area contributed by atoms with E-state index in [2.05, 4.69) is 261 Å². The highest BCUT2D eigenvalue weighted by atomic mass is 28.4. The number of aliphatic imine (C=N–C) groups is 1. The molecule has 0 saturated heterocycles. The van der Waals surface area contributed by atoms with Crippen molar-refractivity contribution in [2.45, 2.75) is 71.5 Å². The molecule has 13 rings (SSSR count). The van der Waals surface area contributed by atoms with Gasteiger partial charge in [-0.05, 0) is 119 Å². The Morgan fingerprint density at radius 2 is 0.905 bits per heavy atom. The van der Waals surface area contributed by atoms with E-state index in [1.165, 1.54) is 27.1 Å². The van der Waals surface area contributed by atoms with Gasteiger partial charge in [0.15, 0.2) is 0 Å². The van der Waals surface area contributed by atoms with Gasteiger partial charge in [-0.15, -0.1) is 0 Å². The monoisotopic (exact) mass is 1120 g/mol. The third-order valence-electron chi connectivity index (χ3n) is 17.1. The first-order valence-corrected chi connectivity index (χ1v) is 31.4. The average molecular weight is 1120 g/mol. The van der Waals surface area contributed by atoms with Gasteiger partial charge < -0.3 is 19.5 Å². The van der Waals surface area contributed by atoms with Crippen molar-refractivity contribution in [2.24, 2.45) is 4.99 Å². The van der Waals surface area contributed by atoms with E-state index < -0.39 is 8.32 Å². The molecule has 4 aliphatic rings. The summed E-state index contributed by atoms with van der Waals surface area (Å²) in [6.45, 7) is 16.2. The number of nitrogens with one attached hydrogen (secondary N) is 4. The molecule has 7 heterocycles. The fraction of sp³-hybridized carbons (Fsp3) is 0.205. The molecule has 2 atom stereocenters. The molecule has 84 heavy (non-hydrogen) atoms. The molecule has 0 aliphatic carbocycles. The molecule has 0 saturated carbocycles. The molecule has 0 unspecified atom stereocenters. The van der Waals surface area contributed by atoms with Crippen molar-refractivity contribution in [3.63, 3.8) is 0 Å². The standard InChI is InChI=1S/C73H70N8O2Si/c1-47-17-23-50(24-18-47)67-59-33-35-61(77-59)68(51-25-19-48(2)20-26-51)63-37-39-65(79-63)70(66-40-38-64(80-66)69(62-36-34-60(67)78-62)52-27-21-49(3)22-28-52)53-29-31-54(32-30-53)71(82)74-45-55-41-43-81-44-42-56(76-72(81)75-55)46-83-84(73(4,5)6,57-13-9-7-10-14-57)58-15-11-8-12-16-58/h7-40,55-56H,41-46H2,1-6H3,(H4,74,75,76,77,78,79,80,82)/p+1/t55-,56-/m0/s1. The summed E-state index contributed by atoms with van der Waals surface area (Å²) in [5, 5.41) is 21.8. The molecule has 0 radical (unpaired) electrons. The summed E-state index contributed by atoms with van der Waals surface area (Å²) >= 11 is 0. The maximum Gasteiger partial charge on any atom is 0.346 e. The molecule has 4 aliphatic heterocycles. The van der Waals surface area contributed by atoms with Crippen LogP contribution in [-0.2, 0) is 4.43 Å². The van der Waals surface area contributed by atoms with Crippen molar-refractivity contribution in [3.8, 4) is 44.5 Å². The minimum absolute atomic E-state index is 0.0110. The number of aryl methyl sites for hydroxylation is 3.